The molecular weight excluding hydrogens is 420 g/mol. The summed E-state index contributed by atoms with van der Waals surface area (Å²) in [5.41, 5.74) is 4.48. The summed E-state index contributed by atoms with van der Waals surface area (Å²) in [5, 5.41) is 12.8. The van der Waals surface area contributed by atoms with Crippen molar-refractivity contribution in [3.63, 3.8) is 0 Å². The van der Waals surface area contributed by atoms with Crippen LogP contribution in [0, 0.1) is 13.8 Å². The molecule has 0 bridgehead atoms. The molecule has 0 spiro atoms. The van der Waals surface area contributed by atoms with Crippen molar-refractivity contribution in [2.24, 2.45) is 5.10 Å². The standard InChI is InChI=1S/C21H22N4O3S2/c1-15-5-3-7-18(11-15)27-9-10-28-19-8-4-6-17(12-19)13-22-24-20(26)14-29-21-25-23-16(2)30-21/h3-8,11-13H,9-10,14H2,1-2H3,(H,24,26)/b22-13+. The molecule has 0 aliphatic heterocycles. The molecule has 0 saturated carbocycles. The van der Waals surface area contributed by atoms with E-state index in [1.807, 2.05) is 62.4 Å². The van der Waals surface area contributed by atoms with Crippen molar-refractivity contribution in [3.8, 4) is 11.5 Å². The average molecular weight is 443 g/mol. The van der Waals surface area contributed by atoms with Gasteiger partial charge in [-0.25, -0.2) is 5.43 Å². The molecular formula is C21H22N4O3S2. The predicted octanol–water partition coefficient (Wildman–Crippen LogP) is 3.86. The summed E-state index contributed by atoms with van der Waals surface area (Å²) < 4.78 is 12.2. The van der Waals surface area contributed by atoms with E-state index in [0.29, 0.717) is 19.0 Å². The fourth-order valence-electron chi connectivity index (χ4n) is 2.38. The number of hydrogen-bond donors (Lipinski definition) is 1. The first-order valence-corrected chi connectivity index (χ1v) is 11.1. The Hall–Kier alpha value is -2.91. The van der Waals surface area contributed by atoms with E-state index >= 15 is 0 Å². The molecule has 1 N–H and O–H groups in total. The van der Waals surface area contributed by atoms with E-state index in [1.54, 1.807) is 6.21 Å². The summed E-state index contributed by atoms with van der Waals surface area (Å²) in [6, 6.07) is 15.4. The number of nitrogens with zero attached hydrogens (tertiary/aromatic N) is 3. The number of aromatic nitrogens is 2. The molecule has 1 heterocycles. The number of thioether (sulfide) groups is 1. The number of aryl methyl sites for hydroxylation is 2. The van der Waals surface area contributed by atoms with Crippen LogP contribution in [0.15, 0.2) is 58.0 Å². The van der Waals surface area contributed by atoms with Gasteiger partial charge in [-0.3, -0.25) is 4.79 Å². The molecule has 30 heavy (non-hydrogen) atoms. The largest absolute Gasteiger partial charge is 0.490 e. The quantitative estimate of drug-likeness (QED) is 0.222. The summed E-state index contributed by atoms with van der Waals surface area (Å²) in [7, 11) is 0. The van der Waals surface area contributed by atoms with Crippen LogP contribution in [-0.4, -0.2) is 41.3 Å². The maximum Gasteiger partial charge on any atom is 0.250 e. The fraction of sp³-hybridized carbons (Fsp3) is 0.238. The van der Waals surface area contributed by atoms with E-state index in [2.05, 4.69) is 20.7 Å². The Morgan fingerprint density at radius 2 is 1.83 bits per heavy atom. The first-order valence-electron chi connectivity index (χ1n) is 9.25. The highest BCUT2D eigenvalue weighted by molar-refractivity contribution is 8.01. The maximum absolute atomic E-state index is 11.9. The highest BCUT2D eigenvalue weighted by Crippen LogP contribution is 2.21. The van der Waals surface area contributed by atoms with Crippen molar-refractivity contribution < 1.29 is 14.3 Å². The number of hydrazone groups is 1. The molecule has 0 aliphatic rings. The first kappa shape index (κ1) is 21.8. The average Bonchev–Trinajstić information content (AvgIpc) is 3.15. The van der Waals surface area contributed by atoms with E-state index in [0.717, 1.165) is 26.2 Å². The number of amides is 1. The Kier molecular flexibility index (Phi) is 8.22. The zero-order valence-electron chi connectivity index (χ0n) is 16.7. The van der Waals surface area contributed by atoms with E-state index in [1.165, 1.54) is 23.1 Å². The van der Waals surface area contributed by atoms with Gasteiger partial charge in [-0.1, -0.05) is 47.4 Å². The van der Waals surface area contributed by atoms with Crippen molar-refractivity contribution in [2.75, 3.05) is 19.0 Å². The molecule has 1 amide bonds. The van der Waals surface area contributed by atoms with Gasteiger partial charge < -0.3 is 9.47 Å². The Balaban J connectivity index is 1.39. The predicted molar refractivity (Wildman–Crippen MR) is 120 cm³/mol. The smallest absolute Gasteiger partial charge is 0.250 e. The van der Waals surface area contributed by atoms with Gasteiger partial charge >= 0.3 is 0 Å². The minimum atomic E-state index is -0.204. The Labute approximate surface area is 183 Å². The molecule has 7 nitrogen and oxygen atoms in total. The van der Waals surface area contributed by atoms with Crippen LogP contribution in [-0.2, 0) is 4.79 Å². The van der Waals surface area contributed by atoms with Gasteiger partial charge in [-0.2, -0.15) is 5.10 Å². The zero-order valence-corrected chi connectivity index (χ0v) is 18.3. The van der Waals surface area contributed by atoms with Gasteiger partial charge in [-0.05, 0) is 49.2 Å². The normalized spacial score (nSPS) is 10.9. The SMILES string of the molecule is Cc1cccc(OCCOc2cccc(/C=N/NC(=O)CSc3nnc(C)s3)c2)c1. The summed E-state index contributed by atoms with van der Waals surface area (Å²) in [4.78, 5) is 11.9. The Bertz CT molecular complexity index is 1010. The van der Waals surface area contributed by atoms with Crippen molar-refractivity contribution in [1.29, 1.82) is 0 Å². The van der Waals surface area contributed by atoms with Gasteiger partial charge in [0.1, 0.15) is 29.7 Å². The minimum Gasteiger partial charge on any atom is -0.490 e. The van der Waals surface area contributed by atoms with E-state index < -0.39 is 0 Å². The molecule has 0 atom stereocenters. The van der Waals surface area contributed by atoms with Crippen LogP contribution in [0.1, 0.15) is 16.1 Å². The summed E-state index contributed by atoms with van der Waals surface area (Å²) in [5.74, 6) is 1.57. The summed E-state index contributed by atoms with van der Waals surface area (Å²) >= 11 is 2.79. The number of nitrogens with one attached hydrogen (secondary N) is 1. The molecule has 3 aromatic rings. The van der Waals surface area contributed by atoms with E-state index in [4.69, 9.17) is 9.47 Å². The number of ether oxygens (including phenoxy) is 2. The second kappa shape index (κ2) is 11.3. The van der Waals surface area contributed by atoms with Crippen LogP contribution in [0.5, 0.6) is 11.5 Å². The zero-order chi connectivity index (χ0) is 21.2. The number of carbonyl (C=O) groups excluding carboxylic acids is 1. The molecule has 0 radical (unpaired) electrons. The molecule has 9 heteroatoms. The van der Waals surface area contributed by atoms with Crippen LogP contribution in [0.2, 0.25) is 0 Å². The fourth-order valence-corrected chi connectivity index (χ4v) is 3.99. The van der Waals surface area contributed by atoms with Crippen molar-refractivity contribution in [1.82, 2.24) is 15.6 Å². The van der Waals surface area contributed by atoms with Crippen LogP contribution in [0.25, 0.3) is 0 Å². The third kappa shape index (κ3) is 7.49. The van der Waals surface area contributed by atoms with E-state index in [9.17, 15) is 4.79 Å². The van der Waals surface area contributed by atoms with Crippen LogP contribution in [0.4, 0.5) is 0 Å². The van der Waals surface area contributed by atoms with Crippen molar-refractivity contribution >= 4 is 35.2 Å². The van der Waals surface area contributed by atoms with Crippen LogP contribution >= 0.6 is 23.1 Å². The Morgan fingerprint density at radius 1 is 1.10 bits per heavy atom. The molecule has 156 valence electrons. The van der Waals surface area contributed by atoms with Crippen molar-refractivity contribution in [2.45, 2.75) is 18.2 Å². The second-order valence-electron chi connectivity index (χ2n) is 6.25. The molecule has 0 aliphatic carbocycles. The molecule has 0 saturated heterocycles. The lowest BCUT2D eigenvalue weighted by Crippen LogP contribution is -2.19. The van der Waals surface area contributed by atoms with Gasteiger partial charge in [0.05, 0.1) is 12.0 Å². The Morgan fingerprint density at radius 3 is 2.53 bits per heavy atom. The molecule has 0 fully saturated rings. The lowest BCUT2D eigenvalue weighted by molar-refractivity contribution is -0.118. The summed E-state index contributed by atoms with van der Waals surface area (Å²) in [6.45, 7) is 4.77. The van der Waals surface area contributed by atoms with E-state index in [-0.39, 0.29) is 11.7 Å². The summed E-state index contributed by atoms with van der Waals surface area (Å²) in [6.07, 6.45) is 1.58. The highest BCUT2D eigenvalue weighted by Gasteiger charge is 2.05. The van der Waals surface area contributed by atoms with Crippen molar-refractivity contribution in [3.05, 3.63) is 64.7 Å². The lowest BCUT2D eigenvalue weighted by Gasteiger charge is -2.09. The molecule has 1 aromatic heterocycles. The second-order valence-corrected chi connectivity index (χ2v) is 8.66. The molecule has 3 rings (SSSR count). The number of carbonyl (C=O) groups is 1. The van der Waals surface area contributed by atoms with Gasteiger partial charge in [0.15, 0.2) is 4.34 Å². The van der Waals surface area contributed by atoms with Gasteiger partial charge in [0.2, 0.25) is 0 Å². The molecule has 2 aromatic carbocycles. The highest BCUT2D eigenvalue weighted by atomic mass is 32.2. The van der Waals surface area contributed by atoms with Gasteiger partial charge in [0.25, 0.3) is 5.91 Å². The van der Waals surface area contributed by atoms with Crippen LogP contribution in [0.3, 0.4) is 0 Å². The van der Waals surface area contributed by atoms with Crippen LogP contribution < -0.4 is 14.9 Å². The monoisotopic (exact) mass is 442 g/mol. The third-order valence-electron chi connectivity index (χ3n) is 3.71. The first-order chi connectivity index (χ1) is 14.6. The van der Waals surface area contributed by atoms with Gasteiger partial charge in [0, 0.05) is 0 Å². The van der Waals surface area contributed by atoms with Gasteiger partial charge in [-0.15, -0.1) is 10.2 Å². The topological polar surface area (TPSA) is 85.7 Å². The minimum absolute atomic E-state index is 0.204. The molecule has 0 unspecified atom stereocenters. The lowest BCUT2D eigenvalue weighted by atomic mass is 10.2. The number of rotatable bonds is 10. The third-order valence-corrected chi connectivity index (χ3v) is 5.68. The number of hydrogen-bond acceptors (Lipinski definition) is 8. The number of benzene rings is 2. The maximum atomic E-state index is 11.9.